The van der Waals surface area contributed by atoms with Gasteiger partial charge in [-0.15, -0.1) is 0 Å². The Labute approximate surface area is 362 Å². The van der Waals surface area contributed by atoms with Gasteiger partial charge in [-0.25, -0.2) is 19.9 Å². The highest BCUT2D eigenvalue weighted by molar-refractivity contribution is 6.10. The molecule has 0 atom stereocenters. The molecule has 7 heteroatoms. The molecule has 0 spiro atoms. The molecule has 0 saturated heterocycles. The van der Waals surface area contributed by atoms with E-state index in [1.807, 2.05) is 97.1 Å². The van der Waals surface area contributed by atoms with E-state index in [0.717, 1.165) is 67.3 Å². The summed E-state index contributed by atoms with van der Waals surface area (Å²) in [4.78, 5) is 21.1. The molecular formula is C56H36N6O. The molecule has 0 aliphatic heterocycles. The summed E-state index contributed by atoms with van der Waals surface area (Å²) in [6, 6.07) is 74.5. The Morgan fingerprint density at radius 3 is 1.00 bits per heavy atom. The summed E-state index contributed by atoms with van der Waals surface area (Å²) in [5.41, 5.74) is 10.7. The molecule has 12 rings (SSSR count). The minimum atomic E-state index is 0.376. The topological polar surface area (TPSA) is 70.7 Å². The number of benzene rings is 6. The van der Waals surface area contributed by atoms with Crippen LogP contribution in [0.25, 0.3) is 100 Å². The van der Waals surface area contributed by atoms with E-state index in [1.165, 1.54) is 21.5 Å². The fraction of sp³-hybridized carbons (Fsp3) is 0. The lowest BCUT2D eigenvalue weighted by atomic mass is 10.1. The van der Waals surface area contributed by atoms with E-state index in [0.29, 0.717) is 23.1 Å². The molecule has 0 aliphatic rings. The highest BCUT2D eigenvalue weighted by Gasteiger charge is 2.21. The van der Waals surface area contributed by atoms with E-state index in [1.54, 1.807) is 0 Å². The van der Waals surface area contributed by atoms with Crippen LogP contribution >= 0.6 is 0 Å². The molecule has 0 bridgehead atoms. The van der Waals surface area contributed by atoms with Crippen LogP contribution in [0.4, 0.5) is 0 Å². The number of ether oxygens (including phenoxy) is 1. The minimum Gasteiger partial charge on any atom is -0.419 e. The van der Waals surface area contributed by atoms with Gasteiger partial charge < -0.3 is 4.74 Å². The zero-order valence-corrected chi connectivity index (χ0v) is 33.9. The van der Waals surface area contributed by atoms with Gasteiger partial charge in [0.25, 0.3) is 0 Å². The molecule has 296 valence electrons. The predicted molar refractivity (Wildman–Crippen MR) is 255 cm³/mol. The van der Waals surface area contributed by atoms with Gasteiger partial charge in [0.2, 0.25) is 11.8 Å². The third kappa shape index (κ3) is 6.30. The van der Waals surface area contributed by atoms with Crippen molar-refractivity contribution >= 4 is 43.6 Å². The van der Waals surface area contributed by atoms with Gasteiger partial charge in [-0.05, 0) is 72.8 Å². The number of hydrogen-bond acceptors (Lipinski definition) is 5. The second-order valence-electron chi connectivity index (χ2n) is 15.4. The van der Waals surface area contributed by atoms with Gasteiger partial charge in [0.15, 0.2) is 0 Å². The van der Waals surface area contributed by atoms with Gasteiger partial charge in [0, 0.05) is 32.7 Å². The monoisotopic (exact) mass is 808 g/mol. The van der Waals surface area contributed by atoms with Crippen molar-refractivity contribution in [3.05, 3.63) is 218 Å². The third-order valence-electron chi connectivity index (χ3n) is 11.7. The second-order valence-corrected chi connectivity index (χ2v) is 15.4. The molecule has 0 unspecified atom stereocenters. The van der Waals surface area contributed by atoms with Crippen molar-refractivity contribution in [1.82, 2.24) is 29.1 Å². The number of pyridine rings is 4. The van der Waals surface area contributed by atoms with Crippen molar-refractivity contribution in [2.75, 3.05) is 0 Å². The zero-order valence-electron chi connectivity index (χ0n) is 33.9. The Morgan fingerprint density at radius 2 is 0.619 bits per heavy atom. The van der Waals surface area contributed by atoms with E-state index < -0.39 is 0 Å². The lowest BCUT2D eigenvalue weighted by Gasteiger charge is -2.16. The number of hydrogen-bond donors (Lipinski definition) is 0. The van der Waals surface area contributed by atoms with Crippen molar-refractivity contribution < 1.29 is 4.74 Å². The van der Waals surface area contributed by atoms with Gasteiger partial charge in [-0.2, -0.15) is 0 Å². The van der Waals surface area contributed by atoms with E-state index in [2.05, 4.69) is 130 Å². The van der Waals surface area contributed by atoms with E-state index in [-0.39, 0.29) is 0 Å². The first-order chi connectivity index (χ1) is 31.2. The van der Waals surface area contributed by atoms with Crippen LogP contribution in [0.5, 0.6) is 11.8 Å². The summed E-state index contributed by atoms with van der Waals surface area (Å²) in [7, 11) is 0. The summed E-state index contributed by atoms with van der Waals surface area (Å²) in [5.74, 6) is 2.33. The largest absolute Gasteiger partial charge is 0.419 e. The van der Waals surface area contributed by atoms with Gasteiger partial charge in [0.1, 0.15) is 11.6 Å². The molecule has 6 aromatic heterocycles. The van der Waals surface area contributed by atoms with Crippen LogP contribution in [-0.4, -0.2) is 29.1 Å². The molecule has 0 amide bonds. The summed E-state index contributed by atoms with van der Waals surface area (Å²) in [5, 5.41) is 4.69. The van der Waals surface area contributed by atoms with Crippen LogP contribution in [0, 0.1) is 0 Å². The Bertz CT molecular complexity index is 3320. The van der Waals surface area contributed by atoms with E-state index in [9.17, 15) is 0 Å². The van der Waals surface area contributed by atoms with Crippen molar-refractivity contribution in [2.45, 2.75) is 0 Å². The predicted octanol–water partition coefficient (Wildman–Crippen LogP) is 13.9. The molecule has 0 radical (unpaired) electrons. The Kier molecular flexibility index (Phi) is 8.67. The first-order valence-electron chi connectivity index (χ1n) is 21.0. The molecule has 0 N–H and O–H groups in total. The molecule has 7 nitrogen and oxygen atoms in total. The van der Waals surface area contributed by atoms with Crippen molar-refractivity contribution in [3.8, 4) is 68.4 Å². The fourth-order valence-corrected chi connectivity index (χ4v) is 8.79. The number of para-hydroxylation sites is 4. The van der Waals surface area contributed by atoms with E-state index >= 15 is 0 Å². The molecule has 0 aliphatic carbocycles. The van der Waals surface area contributed by atoms with Gasteiger partial charge in [0.05, 0.1) is 56.0 Å². The zero-order chi connectivity index (χ0) is 41.7. The fourth-order valence-electron chi connectivity index (χ4n) is 8.79. The molecule has 6 heterocycles. The van der Waals surface area contributed by atoms with Gasteiger partial charge in [-0.1, -0.05) is 146 Å². The third-order valence-corrected chi connectivity index (χ3v) is 11.7. The Hall–Kier alpha value is -8.68. The van der Waals surface area contributed by atoms with Gasteiger partial charge >= 0.3 is 0 Å². The summed E-state index contributed by atoms with van der Waals surface area (Å²) < 4.78 is 11.5. The van der Waals surface area contributed by atoms with Crippen LogP contribution in [0.3, 0.4) is 0 Å². The summed E-state index contributed by atoms with van der Waals surface area (Å²) >= 11 is 0. The van der Waals surface area contributed by atoms with Crippen LogP contribution < -0.4 is 4.74 Å². The molecule has 6 aromatic carbocycles. The first-order valence-corrected chi connectivity index (χ1v) is 21.0. The normalized spacial score (nSPS) is 11.5. The number of aromatic nitrogens is 6. The van der Waals surface area contributed by atoms with E-state index in [4.69, 9.17) is 24.7 Å². The van der Waals surface area contributed by atoms with Crippen LogP contribution in [0.2, 0.25) is 0 Å². The SMILES string of the molecule is c1ccc(-c2ccc(-c3cccc(-n4c5ccccc5c5ccccc54)n3)c(Oc3nc(-c4ccccc4)ccc3-c3cccc(-n4c5ccccc5c5ccccc54)n3)n2)cc1. The molecule has 12 aromatic rings. The Balaban J connectivity index is 1.04. The maximum atomic E-state index is 7.10. The second kappa shape index (κ2) is 15.1. The highest BCUT2D eigenvalue weighted by Crippen LogP contribution is 2.40. The summed E-state index contributed by atoms with van der Waals surface area (Å²) in [6.45, 7) is 0. The highest BCUT2D eigenvalue weighted by atomic mass is 16.5. The lowest BCUT2D eigenvalue weighted by Crippen LogP contribution is -2.02. The lowest BCUT2D eigenvalue weighted by molar-refractivity contribution is 0.449. The number of rotatable bonds is 8. The Morgan fingerprint density at radius 1 is 0.270 bits per heavy atom. The van der Waals surface area contributed by atoms with Crippen LogP contribution in [0.1, 0.15) is 0 Å². The first kappa shape index (κ1) is 36.2. The van der Waals surface area contributed by atoms with Crippen LogP contribution in [0.15, 0.2) is 218 Å². The minimum absolute atomic E-state index is 0.376. The average molecular weight is 809 g/mol. The van der Waals surface area contributed by atoms with Gasteiger partial charge in [-0.3, -0.25) is 9.13 Å². The smallest absolute Gasteiger partial charge is 0.231 e. The van der Waals surface area contributed by atoms with Crippen molar-refractivity contribution in [1.29, 1.82) is 0 Å². The molecular weight excluding hydrogens is 773 g/mol. The van der Waals surface area contributed by atoms with Crippen LogP contribution in [-0.2, 0) is 0 Å². The molecule has 0 saturated carbocycles. The average Bonchev–Trinajstić information content (AvgIpc) is 3.88. The molecule has 63 heavy (non-hydrogen) atoms. The standard InChI is InChI=1S/C56H36N6O/c1-3-17-37(18-4-1)45-35-33-43(47-25-15-31-53(57-47)61-49-27-11-7-21-39(49)40-22-8-12-28-50(40)61)55(59-45)63-56-44(34-36-46(60-56)38-19-5-2-6-20-38)48-26-16-32-54(58-48)62-51-29-13-9-23-41(51)42-24-10-14-30-52(42)62/h1-36H. The van der Waals surface area contributed by atoms with Crippen molar-refractivity contribution in [3.63, 3.8) is 0 Å². The maximum Gasteiger partial charge on any atom is 0.231 e. The van der Waals surface area contributed by atoms with Crippen molar-refractivity contribution in [2.24, 2.45) is 0 Å². The molecule has 0 fully saturated rings. The maximum absolute atomic E-state index is 7.10. The quantitative estimate of drug-likeness (QED) is 0.153. The number of nitrogens with zero attached hydrogens (tertiary/aromatic N) is 6. The number of fused-ring (bicyclic) bond motifs is 6. The summed E-state index contributed by atoms with van der Waals surface area (Å²) in [6.07, 6.45) is 0.